The van der Waals surface area contributed by atoms with Crippen molar-refractivity contribution in [2.45, 2.75) is 0 Å². The standard InChI is InChI=1S/C20H15Br/c21-20(18-14-8-3-9-15-18)19(16-10-4-1-5-11-16)17-12-6-2-7-13-17/h1-15H. The molecule has 0 radical (unpaired) electrons. The molecule has 3 rings (SSSR count). The fourth-order valence-corrected chi connectivity index (χ4v) is 3.08. The lowest BCUT2D eigenvalue weighted by molar-refractivity contribution is 1.55. The van der Waals surface area contributed by atoms with Crippen LogP contribution in [0.4, 0.5) is 0 Å². The minimum absolute atomic E-state index is 1.11. The van der Waals surface area contributed by atoms with Gasteiger partial charge < -0.3 is 0 Å². The summed E-state index contributed by atoms with van der Waals surface area (Å²) in [4.78, 5) is 0. The molecule has 0 atom stereocenters. The summed E-state index contributed by atoms with van der Waals surface area (Å²) in [5.41, 5.74) is 4.81. The first kappa shape index (κ1) is 13.8. The molecule has 0 aromatic heterocycles. The van der Waals surface area contributed by atoms with Gasteiger partial charge in [0, 0.05) is 10.1 Å². The molecular formula is C20H15Br. The van der Waals surface area contributed by atoms with E-state index >= 15 is 0 Å². The van der Waals surface area contributed by atoms with Crippen LogP contribution in [0.1, 0.15) is 16.7 Å². The van der Waals surface area contributed by atoms with Crippen molar-refractivity contribution in [3.05, 3.63) is 108 Å². The van der Waals surface area contributed by atoms with Crippen LogP contribution < -0.4 is 0 Å². The number of benzene rings is 3. The lowest BCUT2D eigenvalue weighted by Gasteiger charge is -2.12. The monoisotopic (exact) mass is 334 g/mol. The van der Waals surface area contributed by atoms with Crippen molar-refractivity contribution in [2.24, 2.45) is 0 Å². The van der Waals surface area contributed by atoms with Gasteiger partial charge in [-0.1, -0.05) is 91.0 Å². The number of hydrogen-bond donors (Lipinski definition) is 0. The SMILES string of the molecule is BrC(=C(c1ccccc1)c1ccccc1)c1ccccc1. The molecule has 0 N–H and O–H groups in total. The second-order valence-electron chi connectivity index (χ2n) is 4.79. The maximum absolute atomic E-state index is 3.81. The van der Waals surface area contributed by atoms with Crippen LogP contribution in [0.15, 0.2) is 91.0 Å². The first-order valence-corrected chi connectivity index (χ1v) is 7.71. The Labute approximate surface area is 133 Å². The molecule has 21 heavy (non-hydrogen) atoms. The zero-order valence-corrected chi connectivity index (χ0v) is 13.1. The molecule has 0 aliphatic heterocycles. The lowest BCUT2D eigenvalue weighted by Crippen LogP contribution is -1.90. The lowest BCUT2D eigenvalue weighted by atomic mass is 9.96. The fourth-order valence-electron chi connectivity index (χ4n) is 2.36. The van der Waals surface area contributed by atoms with Gasteiger partial charge in [-0.25, -0.2) is 0 Å². The van der Waals surface area contributed by atoms with Crippen LogP contribution in [0.2, 0.25) is 0 Å². The van der Waals surface area contributed by atoms with Crippen LogP contribution in [0.25, 0.3) is 10.1 Å². The van der Waals surface area contributed by atoms with Crippen molar-refractivity contribution in [2.75, 3.05) is 0 Å². The molecule has 0 unspecified atom stereocenters. The summed E-state index contributed by atoms with van der Waals surface area (Å²) in [5.74, 6) is 0. The third-order valence-corrected chi connectivity index (χ3v) is 4.23. The van der Waals surface area contributed by atoms with E-state index in [1.165, 1.54) is 22.3 Å². The third-order valence-electron chi connectivity index (χ3n) is 3.37. The summed E-state index contributed by atoms with van der Waals surface area (Å²) < 4.78 is 1.11. The molecule has 0 nitrogen and oxygen atoms in total. The van der Waals surface area contributed by atoms with E-state index in [-0.39, 0.29) is 0 Å². The van der Waals surface area contributed by atoms with E-state index in [2.05, 4.69) is 88.7 Å². The number of hydrogen-bond acceptors (Lipinski definition) is 0. The number of halogens is 1. The van der Waals surface area contributed by atoms with Crippen molar-refractivity contribution in [3.63, 3.8) is 0 Å². The third kappa shape index (κ3) is 3.14. The van der Waals surface area contributed by atoms with Gasteiger partial charge in [0.25, 0.3) is 0 Å². The van der Waals surface area contributed by atoms with Crippen molar-refractivity contribution >= 4 is 26.0 Å². The van der Waals surface area contributed by atoms with Gasteiger partial charge in [-0.2, -0.15) is 0 Å². The maximum Gasteiger partial charge on any atom is 0.0332 e. The van der Waals surface area contributed by atoms with Gasteiger partial charge >= 0.3 is 0 Å². The summed E-state index contributed by atoms with van der Waals surface area (Å²) in [6.07, 6.45) is 0. The Morgan fingerprint density at radius 3 is 1.19 bits per heavy atom. The molecule has 0 amide bonds. The molecule has 3 aromatic carbocycles. The summed E-state index contributed by atoms with van der Waals surface area (Å²) in [7, 11) is 0. The Balaban J connectivity index is 2.22. The predicted molar refractivity (Wildman–Crippen MR) is 94.2 cm³/mol. The topological polar surface area (TPSA) is 0 Å². The van der Waals surface area contributed by atoms with Crippen molar-refractivity contribution in [1.29, 1.82) is 0 Å². The van der Waals surface area contributed by atoms with E-state index in [1.807, 2.05) is 18.2 Å². The Morgan fingerprint density at radius 2 is 0.810 bits per heavy atom. The molecule has 3 aromatic rings. The second kappa shape index (κ2) is 6.55. The van der Waals surface area contributed by atoms with Crippen molar-refractivity contribution < 1.29 is 0 Å². The van der Waals surface area contributed by atoms with Crippen LogP contribution in [0, 0.1) is 0 Å². The van der Waals surface area contributed by atoms with Gasteiger partial charge in [-0.15, -0.1) is 0 Å². The maximum atomic E-state index is 3.81. The molecule has 0 saturated heterocycles. The summed E-state index contributed by atoms with van der Waals surface area (Å²) in [6, 6.07) is 31.4. The van der Waals surface area contributed by atoms with E-state index < -0.39 is 0 Å². The van der Waals surface area contributed by atoms with Gasteiger partial charge in [0.2, 0.25) is 0 Å². The average Bonchev–Trinajstić information content (AvgIpc) is 2.58. The first-order valence-electron chi connectivity index (χ1n) is 6.92. The van der Waals surface area contributed by atoms with Gasteiger partial charge in [0.05, 0.1) is 0 Å². The molecule has 1 heteroatoms. The zero-order valence-electron chi connectivity index (χ0n) is 11.5. The van der Waals surface area contributed by atoms with E-state index in [0.717, 1.165) is 4.48 Å². The van der Waals surface area contributed by atoms with Crippen molar-refractivity contribution in [1.82, 2.24) is 0 Å². The average molecular weight is 335 g/mol. The Morgan fingerprint density at radius 1 is 0.476 bits per heavy atom. The van der Waals surface area contributed by atoms with E-state index in [0.29, 0.717) is 0 Å². The largest absolute Gasteiger partial charge is 0.0622 e. The van der Waals surface area contributed by atoms with E-state index in [9.17, 15) is 0 Å². The summed E-state index contributed by atoms with van der Waals surface area (Å²) >= 11 is 3.81. The normalized spacial score (nSPS) is 10.1. The summed E-state index contributed by atoms with van der Waals surface area (Å²) in [6.45, 7) is 0. The van der Waals surface area contributed by atoms with Crippen molar-refractivity contribution in [3.8, 4) is 0 Å². The number of rotatable bonds is 3. The van der Waals surface area contributed by atoms with Crippen LogP contribution in [-0.2, 0) is 0 Å². The Bertz CT molecular complexity index is 687. The molecule has 0 saturated carbocycles. The molecule has 0 spiro atoms. The zero-order chi connectivity index (χ0) is 14.5. The van der Waals surface area contributed by atoms with Gasteiger partial charge in [0.15, 0.2) is 0 Å². The van der Waals surface area contributed by atoms with E-state index in [1.54, 1.807) is 0 Å². The Hall–Kier alpha value is -2.12. The fraction of sp³-hybridized carbons (Fsp3) is 0. The van der Waals surface area contributed by atoms with Gasteiger partial charge in [0.1, 0.15) is 0 Å². The molecule has 0 aliphatic carbocycles. The van der Waals surface area contributed by atoms with Crippen LogP contribution in [0.3, 0.4) is 0 Å². The van der Waals surface area contributed by atoms with Gasteiger partial charge in [-0.3, -0.25) is 0 Å². The molecule has 0 fully saturated rings. The molecule has 0 heterocycles. The highest BCUT2D eigenvalue weighted by Crippen LogP contribution is 2.35. The molecule has 0 bridgehead atoms. The van der Waals surface area contributed by atoms with Gasteiger partial charge in [-0.05, 0) is 32.6 Å². The van der Waals surface area contributed by atoms with Crippen LogP contribution in [-0.4, -0.2) is 0 Å². The molecule has 0 aliphatic rings. The first-order chi connectivity index (χ1) is 10.4. The molecule has 102 valence electrons. The smallest absolute Gasteiger partial charge is 0.0332 e. The highest BCUT2D eigenvalue weighted by molar-refractivity contribution is 9.15. The highest BCUT2D eigenvalue weighted by atomic mass is 79.9. The van der Waals surface area contributed by atoms with E-state index in [4.69, 9.17) is 0 Å². The summed E-state index contributed by atoms with van der Waals surface area (Å²) in [5, 5.41) is 0. The highest BCUT2D eigenvalue weighted by Gasteiger charge is 2.11. The van der Waals surface area contributed by atoms with Crippen LogP contribution in [0.5, 0.6) is 0 Å². The Kier molecular flexibility index (Phi) is 4.32. The second-order valence-corrected chi connectivity index (χ2v) is 5.58. The van der Waals surface area contributed by atoms with Crippen LogP contribution >= 0.6 is 15.9 Å². The quantitative estimate of drug-likeness (QED) is 0.515. The minimum Gasteiger partial charge on any atom is -0.0622 e. The minimum atomic E-state index is 1.11. The molecular weight excluding hydrogens is 320 g/mol. The predicted octanol–water partition coefficient (Wildman–Crippen LogP) is 6.00.